The Bertz CT molecular complexity index is 417. The van der Waals surface area contributed by atoms with Crippen LogP contribution in [0.25, 0.3) is 0 Å². The molecule has 106 valence electrons. The Balaban J connectivity index is 2.24. The largest absolute Gasteiger partial charge is 0.357 e. The van der Waals surface area contributed by atoms with E-state index in [9.17, 15) is 0 Å². The smallest absolute Gasteiger partial charge is 0.129 e. The molecule has 2 nitrogen and oxygen atoms in total. The van der Waals surface area contributed by atoms with E-state index in [0.717, 1.165) is 30.5 Å². The zero-order chi connectivity index (χ0) is 13.8. The van der Waals surface area contributed by atoms with E-state index < -0.39 is 0 Å². The molecule has 0 amide bonds. The summed E-state index contributed by atoms with van der Waals surface area (Å²) in [6.07, 6.45) is 3.87. The van der Waals surface area contributed by atoms with Gasteiger partial charge in [-0.3, -0.25) is 0 Å². The fourth-order valence-electron chi connectivity index (χ4n) is 2.62. The lowest BCUT2D eigenvalue weighted by Crippen LogP contribution is -2.25. The van der Waals surface area contributed by atoms with E-state index in [4.69, 9.17) is 16.6 Å². The Hall–Kier alpha value is -0.760. The zero-order valence-electron chi connectivity index (χ0n) is 12.3. The van der Waals surface area contributed by atoms with Gasteiger partial charge in [0.1, 0.15) is 5.82 Å². The van der Waals surface area contributed by atoms with Gasteiger partial charge in [-0.1, -0.05) is 20.8 Å². The molecule has 3 heteroatoms. The molecule has 2 rings (SSSR count). The van der Waals surface area contributed by atoms with Crippen molar-refractivity contribution in [2.45, 2.75) is 51.8 Å². The zero-order valence-corrected chi connectivity index (χ0v) is 13.1. The van der Waals surface area contributed by atoms with E-state index in [-0.39, 0.29) is 0 Å². The van der Waals surface area contributed by atoms with Crippen LogP contribution in [0.4, 0.5) is 5.82 Å². The van der Waals surface area contributed by atoms with Crippen molar-refractivity contribution in [3.8, 4) is 0 Å². The molecule has 1 aliphatic heterocycles. The van der Waals surface area contributed by atoms with E-state index in [1.54, 1.807) is 0 Å². The van der Waals surface area contributed by atoms with Crippen LogP contribution in [-0.2, 0) is 5.88 Å². The molecule has 0 aromatic carbocycles. The maximum atomic E-state index is 6.02. The quantitative estimate of drug-likeness (QED) is 0.754. The van der Waals surface area contributed by atoms with E-state index in [1.807, 2.05) is 0 Å². The van der Waals surface area contributed by atoms with Crippen molar-refractivity contribution in [1.29, 1.82) is 0 Å². The maximum Gasteiger partial charge on any atom is 0.129 e. The van der Waals surface area contributed by atoms with Crippen LogP contribution in [0.15, 0.2) is 12.1 Å². The first-order chi connectivity index (χ1) is 9.10. The lowest BCUT2D eigenvalue weighted by molar-refractivity contribution is 0.521. The summed E-state index contributed by atoms with van der Waals surface area (Å²) in [7, 11) is 0. The third-order valence-corrected chi connectivity index (χ3v) is 4.29. The average Bonchev–Trinajstić information content (AvgIpc) is 2.63. The van der Waals surface area contributed by atoms with Crippen LogP contribution in [0.3, 0.4) is 0 Å². The van der Waals surface area contributed by atoms with Crippen molar-refractivity contribution in [2.24, 2.45) is 5.92 Å². The Morgan fingerprint density at radius 2 is 2.11 bits per heavy atom. The van der Waals surface area contributed by atoms with Gasteiger partial charge in [-0.25, -0.2) is 4.98 Å². The minimum atomic E-state index is 0.452. The van der Waals surface area contributed by atoms with Gasteiger partial charge in [-0.15, -0.1) is 11.6 Å². The number of nitrogens with zero attached hydrogens (tertiary/aromatic N) is 2. The summed E-state index contributed by atoms with van der Waals surface area (Å²) in [4.78, 5) is 7.27. The van der Waals surface area contributed by atoms with Crippen LogP contribution >= 0.6 is 11.6 Å². The molecular weight excluding hydrogens is 256 g/mol. The molecule has 19 heavy (non-hydrogen) atoms. The first-order valence-corrected chi connectivity index (χ1v) is 7.95. The molecule has 0 N–H and O–H groups in total. The third-order valence-electron chi connectivity index (χ3n) is 3.98. The number of hydrogen-bond donors (Lipinski definition) is 0. The molecular formula is C16H25ClN2. The predicted octanol–water partition coefficient (Wildman–Crippen LogP) is 4.57. The highest BCUT2D eigenvalue weighted by atomic mass is 35.5. The molecule has 1 unspecified atom stereocenters. The summed E-state index contributed by atoms with van der Waals surface area (Å²) >= 11 is 6.02. The van der Waals surface area contributed by atoms with E-state index >= 15 is 0 Å². The second kappa shape index (κ2) is 6.60. The van der Waals surface area contributed by atoms with Gasteiger partial charge in [0.15, 0.2) is 0 Å². The number of anilines is 1. The summed E-state index contributed by atoms with van der Waals surface area (Å²) < 4.78 is 0. The standard InChI is InChI=1S/C16H25ClN2/c1-12(2)15-9-14(11-17)10-16(18-15)19-7-4-5-13(3)6-8-19/h9-10,12-13H,4-8,11H2,1-3H3. The predicted molar refractivity (Wildman–Crippen MR) is 83.1 cm³/mol. The van der Waals surface area contributed by atoms with E-state index in [1.165, 1.54) is 24.8 Å². The fraction of sp³-hybridized carbons (Fsp3) is 0.688. The van der Waals surface area contributed by atoms with Gasteiger partial charge in [0.05, 0.1) is 0 Å². The Labute approximate surface area is 122 Å². The van der Waals surface area contributed by atoms with Gasteiger partial charge in [0, 0.05) is 24.7 Å². The highest BCUT2D eigenvalue weighted by Crippen LogP contribution is 2.25. The minimum absolute atomic E-state index is 0.452. The van der Waals surface area contributed by atoms with Gasteiger partial charge < -0.3 is 4.90 Å². The summed E-state index contributed by atoms with van der Waals surface area (Å²) in [6.45, 7) is 8.98. The van der Waals surface area contributed by atoms with Crippen LogP contribution in [0, 0.1) is 5.92 Å². The van der Waals surface area contributed by atoms with Crippen molar-refractivity contribution in [3.63, 3.8) is 0 Å². The second-order valence-corrected chi connectivity index (χ2v) is 6.34. The summed E-state index contributed by atoms with van der Waals surface area (Å²) in [6, 6.07) is 4.30. The topological polar surface area (TPSA) is 16.1 Å². The van der Waals surface area contributed by atoms with Gasteiger partial charge in [-0.2, -0.15) is 0 Å². The molecule has 1 atom stereocenters. The van der Waals surface area contributed by atoms with Crippen molar-refractivity contribution in [2.75, 3.05) is 18.0 Å². The summed E-state index contributed by atoms with van der Waals surface area (Å²) in [5.41, 5.74) is 2.35. The number of hydrogen-bond acceptors (Lipinski definition) is 2. The van der Waals surface area contributed by atoms with Crippen LogP contribution in [0.2, 0.25) is 0 Å². The van der Waals surface area contributed by atoms with Crippen LogP contribution in [0.1, 0.15) is 57.2 Å². The molecule has 0 bridgehead atoms. The first kappa shape index (κ1) is 14.6. The molecule has 0 aliphatic carbocycles. The van der Waals surface area contributed by atoms with Gasteiger partial charge in [0.25, 0.3) is 0 Å². The highest BCUT2D eigenvalue weighted by molar-refractivity contribution is 6.17. The van der Waals surface area contributed by atoms with Crippen molar-refractivity contribution < 1.29 is 0 Å². The Morgan fingerprint density at radius 3 is 2.79 bits per heavy atom. The monoisotopic (exact) mass is 280 g/mol. The van der Waals surface area contributed by atoms with Crippen molar-refractivity contribution in [1.82, 2.24) is 4.98 Å². The van der Waals surface area contributed by atoms with Gasteiger partial charge >= 0.3 is 0 Å². The maximum absolute atomic E-state index is 6.02. The number of rotatable bonds is 3. The van der Waals surface area contributed by atoms with Crippen LogP contribution in [0.5, 0.6) is 0 Å². The molecule has 1 fully saturated rings. The number of pyridine rings is 1. The lowest BCUT2D eigenvalue weighted by Gasteiger charge is -2.23. The highest BCUT2D eigenvalue weighted by Gasteiger charge is 2.16. The van der Waals surface area contributed by atoms with Crippen molar-refractivity contribution >= 4 is 17.4 Å². The Morgan fingerprint density at radius 1 is 1.32 bits per heavy atom. The number of alkyl halides is 1. The van der Waals surface area contributed by atoms with E-state index in [2.05, 4.69) is 37.8 Å². The molecule has 0 spiro atoms. The molecule has 1 aliphatic rings. The van der Waals surface area contributed by atoms with Crippen LogP contribution < -0.4 is 4.90 Å². The number of aromatic nitrogens is 1. The van der Waals surface area contributed by atoms with Crippen LogP contribution in [-0.4, -0.2) is 18.1 Å². The lowest BCUT2D eigenvalue weighted by atomic mass is 10.0. The van der Waals surface area contributed by atoms with E-state index in [0.29, 0.717) is 11.8 Å². The molecule has 1 aromatic rings. The minimum Gasteiger partial charge on any atom is -0.357 e. The molecule has 0 radical (unpaired) electrons. The SMILES string of the molecule is CC1CCCN(c2cc(CCl)cc(C(C)C)n2)CC1. The first-order valence-electron chi connectivity index (χ1n) is 7.42. The fourth-order valence-corrected chi connectivity index (χ4v) is 2.78. The number of halogens is 1. The molecule has 0 saturated carbocycles. The van der Waals surface area contributed by atoms with Gasteiger partial charge in [-0.05, 0) is 48.8 Å². The normalized spacial score (nSPS) is 20.7. The van der Waals surface area contributed by atoms with Gasteiger partial charge in [0.2, 0.25) is 0 Å². The molecule has 2 heterocycles. The average molecular weight is 281 g/mol. The molecule has 1 saturated heterocycles. The second-order valence-electron chi connectivity index (χ2n) is 6.07. The van der Waals surface area contributed by atoms with Crippen molar-refractivity contribution in [3.05, 3.63) is 23.4 Å². The Kier molecular flexibility index (Phi) is 5.09. The summed E-state index contributed by atoms with van der Waals surface area (Å²) in [5.74, 6) is 2.98. The molecule has 1 aromatic heterocycles. The summed E-state index contributed by atoms with van der Waals surface area (Å²) in [5, 5.41) is 0. The third kappa shape index (κ3) is 3.85.